The topological polar surface area (TPSA) is 193 Å². The Labute approximate surface area is 224 Å². The average Bonchev–Trinajstić information content (AvgIpc) is 2.80. The van der Waals surface area contributed by atoms with Crippen LogP contribution in [0.25, 0.3) is 0 Å². The molecule has 37 heavy (non-hydrogen) atoms. The van der Waals surface area contributed by atoms with Crippen LogP contribution >= 0.6 is 0 Å². The second-order valence-electron chi connectivity index (χ2n) is 8.60. The van der Waals surface area contributed by atoms with Gasteiger partial charge in [-0.15, -0.1) is 0 Å². The Morgan fingerprint density at radius 2 is 0.676 bits per heavy atom. The van der Waals surface area contributed by atoms with Crippen LogP contribution < -0.4 is 0 Å². The van der Waals surface area contributed by atoms with Gasteiger partial charge in [0.2, 0.25) is 0 Å². The van der Waals surface area contributed by atoms with Crippen LogP contribution in [0.15, 0.2) is 0 Å². The molecular weight excluding hydrogens is 484 g/mol. The van der Waals surface area contributed by atoms with Crippen molar-refractivity contribution in [3.63, 3.8) is 0 Å². The van der Waals surface area contributed by atoms with Gasteiger partial charge in [-0.25, -0.2) is 0 Å². The van der Waals surface area contributed by atoms with Crippen LogP contribution in [0.5, 0.6) is 0 Å². The van der Waals surface area contributed by atoms with Gasteiger partial charge >= 0.3 is 0 Å². The first kappa shape index (κ1) is 45.2. The maximum atomic E-state index is 9.00. The van der Waals surface area contributed by atoms with Crippen LogP contribution in [0.2, 0.25) is 0 Å². The predicted molar refractivity (Wildman–Crippen MR) is 147 cm³/mol. The van der Waals surface area contributed by atoms with E-state index in [1.807, 2.05) is 0 Å². The zero-order valence-corrected chi connectivity index (χ0v) is 23.9. The second-order valence-corrected chi connectivity index (χ2v) is 8.60. The van der Waals surface area contributed by atoms with Gasteiger partial charge in [0.1, 0.15) is 6.10 Å². The molecule has 226 valence electrons. The summed E-state index contributed by atoms with van der Waals surface area (Å²) in [6, 6.07) is 0. The second kappa shape index (κ2) is 44.3. The van der Waals surface area contributed by atoms with E-state index in [0.29, 0.717) is 6.61 Å². The van der Waals surface area contributed by atoms with Crippen molar-refractivity contribution in [2.75, 3.05) is 19.8 Å². The molecule has 0 aliphatic heterocycles. The number of aliphatic hydroxyl groups is 4. The lowest BCUT2D eigenvalue weighted by Gasteiger charge is -2.03. The van der Waals surface area contributed by atoms with Crippen molar-refractivity contribution in [3.05, 3.63) is 0 Å². The highest BCUT2D eigenvalue weighted by molar-refractivity contribution is 5.63. The molecule has 0 saturated carbocycles. The van der Waals surface area contributed by atoms with E-state index in [-0.39, 0.29) is 13.2 Å². The van der Waals surface area contributed by atoms with Gasteiger partial charge in [0.25, 0.3) is 17.9 Å². The summed E-state index contributed by atoms with van der Waals surface area (Å²) in [5.41, 5.74) is 0. The largest absolute Gasteiger partial charge is 0.481 e. The predicted octanol–water partition coefficient (Wildman–Crippen LogP) is 4.84. The van der Waals surface area contributed by atoms with E-state index in [4.69, 9.17) is 50.1 Å². The summed E-state index contributed by atoms with van der Waals surface area (Å²) < 4.78 is 0. The van der Waals surface area contributed by atoms with Gasteiger partial charge in [-0.05, 0) is 6.42 Å². The number of aliphatic hydroxyl groups excluding tert-OH is 4. The number of aliphatic carboxylic acids is 3. The molecule has 0 amide bonds. The lowest BCUT2D eigenvalue weighted by molar-refractivity contribution is -0.135. The molecule has 0 radical (unpaired) electrons. The van der Waals surface area contributed by atoms with Crippen molar-refractivity contribution in [2.24, 2.45) is 0 Å². The maximum absolute atomic E-state index is 9.00. The molecule has 0 aliphatic carbocycles. The number of hydrogen-bond donors (Lipinski definition) is 7. The molecule has 0 heterocycles. The number of carboxylic acid groups (broad SMARTS) is 3. The molecular formula is C27H58O10. The van der Waals surface area contributed by atoms with Gasteiger partial charge in [-0.1, -0.05) is 103 Å². The average molecular weight is 543 g/mol. The lowest BCUT2D eigenvalue weighted by Crippen LogP contribution is -2.15. The Morgan fingerprint density at radius 3 is 0.811 bits per heavy atom. The molecule has 7 N–H and O–H groups in total. The van der Waals surface area contributed by atoms with Crippen molar-refractivity contribution in [1.82, 2.24) is 0 Å². The molecule has 0 bridgehead atoms. The van der Waals surface area contributed by atoms with Gasteiger partial charge in [0, 0.05) is 27.4 Å². The molecule has 0 aliphatic rings. The zero-order valence-electron chi connectivity index (χ0n) is 23.9. The SMILES string of the molecule is CC(=O)O.CC(=O)O.CC(=O)O.CCCCCCCCCCCCCCCCCCO.OCC(O)CO. The smallest absolute Gasteiger partial charge is 0.300 e. The third-order valence-corrected chi connectivity index (χ3v) is 4.43. The molecule has 10 nitrogen and oxygen atoms in total. The number of carbonyl (C=O) groups is 3. The first-order chi connectivity index (χ1) is 17.4. The van der Waals surface area contributed by atoms with Crippen molar-refractivity contribution in [2.45, 2.75) is 137 Å². The first-order valence-corrected chi connectivity index (χ1v) is 13.5. The summed E-state index contributed by atoms with van der Waals surface area (Å²) in [5.74, 6) is -2.50. The molecule has 0 atom stereocenters. The molecule has 10 heteroatoms. The van der Waals surface area contributed by atoms with Crippen LogP contribution in [0.3, 0.4) is 0 Å². The van der Waals surface area contributed by atoms with E-state index in [2.05, 4.69) is 6.92 Å². The van der Waals surface area contributed by atoms with Gasteiger partial charge in [0.05, 0.1) is 13.2 Å². The fourth-order valence-electron chi connectivity index (χ4n) is 2.72. The van der Waals surface area contributed by atoms with Crippen LogP contribution in [0, 0.1) is 0 Å². The Kier molecular flexibility index (Phi) is 54.1. The van der Waals surface area contributed by atoms with Gasteiger partial charge in [0.15, 0.2) is 0 Å². The van der Waals surface area contributed by atoms with Crippen LogP contribution in [-0.2, 0) is 14.4 Å². The van der Waals surface area contributed by atoms with Crippen molar-refractivity contribution in [1.29, 1.82) is 0 Å². The fourth-order valence-corrected chi connectivity index (χ4v) is 2.72. The number of rotatable bonds is 18. The molecule has 0 fully saturated rings. The molecule has 0 aromatic heterocycles. The molecule has 0 aromatic carbocycles. The summed E-state index contributed by atoms with van der Waals surface area (Å²) in [6.45, 7) is 5.18. The van der Waals surface area contributed by atoms with Crippen LogP contribution in [0.4, 0.5) is 0 Å². The fraction of sp³-hybridized carbons (Fsp3) is 0.889. The summed E-state index contributed by atoms with van der Waals surface area (Å²) in [6.07, 6.45) is 21.2. The minimum atomic E-state index is -0.954. The zero-order chi connectivity index (χ0) is 29.7. The molecule has 0 unspecified atom stereocenters. The highest BCUT2D eigenvalue weighted by Gasteiger charge is 1.94. The van der Waals surface area contributed by atoms with Crippen LogP contribution in [0.1, 0.15) is 130 Å². The third-order valence-electron chi connectivity index (χ3n) is 4.43. The van der Waals surface area contributed by atoms with Crippen molar-refractivity contribution < 1.29 is 50.1 Å². The maximum Gasteiger partial charge on any atom is 0.300 e. The quantitative estimate of drug-likeness (QED) is 0.118. The molecule has 0 spiro atoms. The standard InChI is InChI=1S/C18H38O.C3H8O3.3C2H4O2/c1-2-3-4-5-6-7-8-9-10-11-12-13-14-15-16-17-18-19;4-1-3(6)2-5;3*1-2(3)4/h19H,2-18H2,1H3;3-6H,1-2H2;3*1H3,(H,3,4). The summed E-state index contributed by atoms with van der Waals surface area (Å²) >= 11 is 0. The summed E-state index contributed by atoms with van der Waals surface area (Å²) in [5, 5.41) is 54.9. The van der Waals surface area contributed by atoms with E-state index in [0.717, 1.165) is 27.2 Å². The summed E-state index contributed by atoms with van der Waals surface area (Å²) in [4.78, 5) is 27.0. The Balaban J connectivity index is -0.000000153. The normalized spacial score (nSPS) is 9.32. The van der Waals surface area contributed by atoms with E-state index in [1.165, 1.54) is 96.3 Å². The number of unbranched alkanes of at least 4 members (excludes halogenated alkanes) is 15. The summed E-state index contributed by atoms with van der Waals surface area (Å²) in [7, 11) is 0. The first-order valence-electron chi connectivity index (χ1n) is 13.5. The Hall–Kier alpha value is -1.75. The van der Waals surface area contributed by atoms with E-state index >= 15 is 0 Å². The Morgan fingerprint density at radius 1 is 0.486 bits per heavy atom. The molecule has 0 saturated heterocycles. The third kappa shape index (κ3) is 107. The van der Waals surface area contributed by atoms with Gasteiger partial charge in [-0.2, -0.15) is 0 Å². The van der Waals surface area contributed by atoms with Gasteiger partial charge < -0.3 is 35.7 Å². The van der Waals surface area contributed by atoms with Crippen LogP contribution in [-0.4, -0.2) is 79.6 Å². The number of hydrogen-bond acceptors (Lipinski definition) is 7. The van der Waals surface area contributed by atoms with Crippen molar-refractivity contribution in [3.8, 4) is 0 Å². The molecule has 0 aromatic rings. The van der Waals surface area contributed by atoms with E-state index in [9.17, 15) is 0 Å². The lowest BCUT2D eigenvalue weighted by atomic mass is 10.0. The Bertz CT molecular complexity index is 384. The van der Waals surface area contributed by atoms with Gasteiger partial charge in [-0.3, -0.25) is 14.4 Å². The van der Waals surface area contributed by atoms with E-state index in [1.54, 1.807) is 0 Å². The van der Waals surface area contributed by atoms with Crippen molar-refractivity contribution >= 4 is 17.9 Å². The molecule has 0 rings (SSSR count). The highest BCUT2D eigenvalue weighted by atomic mass is 16.4. The minimum absolute atomic E-state index is 0.365. The monoisotopic (exact) mass is 542 g/mol. The van der Waals surface area contributed by atoms with E-state index < -0.39 is 24.0 Å². The highest BCUT2D eigenvalue weighted by Crippen LogP contribution is 2.13. The number of carboxylic acids is 3. The minimum Gasteiger partial charge on any atom is -0.481 e.